The van der Waals surface area contributed by atoms with E-state index in [1.165, 1.54) is 0 Å². The molecule has 0 bridgehead atoms. The summed E-state index contributed by atoms with van der Waals surface area (Å²) in [5.74, 6) is 1.36. The van der Waals surface area contributed by atoms with Gasteiger partial charge < -0.3 is 0 Å². The molecule has 2 aromatic carbocycles. The maximum Gasteiger partial charge on any atom is 0.167 e. The first-order chi connectivity index (χ1) is 10.6. The van der Waals surface area contributed by atoms with Crippen molar-refractivity contribution in [3.8, 4) is 22.8 Å². The van der Waals surface area contributed by atoms with Crippen LogP contribution in [-0.4, -0.2) is 15.0 Å². The monoisotopic (exact) mass is 349 g/mol. The zero-order chi connectivity index (χ0) is 15.5. The molecule has 0 fully saturated rings. The summed E-state index contributed by atoms with van der Waals surface area (Å²) in [6.07, 6.45) is 0. The minimum Gasteiger partial charge on any atom is -0.210 e. The second kappa shape index (κ2) is 6.61. The van der Waals surface area contributed by atoms with Gasteiger partial charge in [0.05, 0.1) is 0 Å². The van der Waals surface area contributed by atoms with Crippen molar-refractivity contribution < 1.29 is 0 Å². The maximum atomic E-state index is 5.94. The van der Waals surface area contributed by atoms with Crippen LogP contribution in [0.5, 0.6) is 0 Å². The lowest BCUT2D eigenvalue weighted by atomic mass is 10.2. The van der Waals surface area contributed by atoms with Crippen LogP contribution in [0.15, 0.2) is 54.6 Å². The van der Waals surface area contributed by atoms with Crippen LogP contribution in [0.25, 0.3) is 22.8 Å². The topological polar surface area (TPSA) is 38.7 Å². The number of hydrogen-bond acceptors (Lipinski definition) is 3. The van der Waals surface area contributed by atoms with Crippen LogP contribution in [0.1, 0.15) is 10.7 Å². The predicted octanol–water partition coefficient (Wildman–Crippen LogP) is 5.34. The third-order valence-electron chi connectivity index (χ3n) is 2.98. The van der Waals surface area contributed by atoms with E-state index < -0.39 is 4.84 Å². The molecule has 3 aromatic rings. The summed E-state index contributed by atoms with van der Waals surface area (Å²) < 4.78 is 0. The fraction of sp³-hybridized carbons (Fsp3) is 0.0625. The largest absolute Gasteiger partial charge is 0.210 e. The number of halogens is 3. The van der Waals surface area contributed by atoms with Gasteiger partial charge in [-0.25, -0.2) is 15.0 Å². The molecular formula is C16H10Cl3N3. The fourth-order valence-corrected chi connectivity index (χ4v) is 2.26. The van der Waals surface area contributed by atoms with E-state index in [1.54, 1.807) is 12.1 Å². The van der Waals surface area contributed by atoms with Gasteiger partial charge in [0.15, 0.2) is 22.3 Å². The van der Waals surface area contributed by atoms with E-state index >= 15 is 0 Å². The number of nitrogens with zero attached hydrogens (tertiary/aromatic N) is 3. The summed E-state index contributed by atoms with van der Waals surface area (Å²) in [5, 5.41) is 0.647. The number of rotatable bonds is 3. The first kappa shape index (κ1) is 15.2. The first-order valence-electron chi connectivity index (χ1n) is 6.49. The Labute approximate surface area is 142 Å². The van der Waals surface area contributed by atoms with Crippen molar-refractivity contribution in [2.75, 3.05) is 0 Å². The normalized spacial score (nSPS) is 10.9. The van der Waals surface area contributed by atoms with Crippen molar-refractivity contribution in [2.45, 2.75) is 4.84 Å². The Kier molecular flexibility index (Phi) is 4.57. The van der Waals surface area contributed by atoms with Crippen molar-refractivity contribution in [3.63, 3.8) is 0 Å². The highest BCUT2D eigenvalue weighted by Crippen LogP contribution is 2.27. The van der Waals surface area contributed by atoms with Gasteiger partial charge in [0.25, 0.3) is 0 Å². The molecule has 1 aromatic heterocycles. The van der Waals surface area contributed by atoms with Gasteiger partial charge in [-0.2, -0.15) is 0 Å². The van der Waals surface area contributed by atoms with Crippen molar-refractivity contribution >= 4 is 34.8 Å². The highest BCUT2D eigenvalue weighted by atomic mass is 35.5. The van der Waals surface area contributed by atoms with Gasteiger partial charge in [-0.1, -0.05) is 65.1 Å². The Balaban J connectivity index is 2.14. The number of hydrogen-bond donors (Lipinski definition) is 0. The molecule has 0 unspecified atom stereocenters. The zero-order valence-corrected chi connectivity index (χ0v) is 13.5. The molecule has 0 radical (unpaired) electrons. The molecule has 1 heterocycles. The van der Waals surface area contributed by atoms with Gasteiger partial charge >= 0.3 is 0 Å². The lowest BCUT2D eigenvalue weighted by Gasteiger charge is -2.08. The Morgan fingerprint density at radius 3 is 1.77 bits per heavy atom. The summed E-state index contributed by atoms with van der Waals surface area (Å²) in [6, 6.07) is 16.8. The van der Waals surface area contributed by atoms with Crippen molar-refractivity contribution in [3.05, 3.63) is 65.4 Å². The third kappa shape index (κ3) is 3.38. The van der Waals surface area contributed by atoms with Crippen LogP contribution in [0, 0.1) is 0 Å². The predicted molar refractivity (Wildman–Crippen MR) is 90.2 cm³/mol. The SMILES string of the molecule is Clc1ccc(-c2nc(-c3ccccc3)nc(C(Cl)Cl)n2)cc1. The Bertz CT molecular complexity index is 774. The highest BCUT2D eigenvalue weighted by molar-refractivity contribution is 6.43. The van der Waals surface area contributed by atoms with E-state index in [0.717, 1.165) is 11.1 Å². The lowest BCUT2D eigenvalue weighted by Crippen LogP contribution is -2.02. The molecule has 0 atom stereocenters. The molecule has 0 aliphatic carbocycles. The average molecular weight is 351 g/mol. The molecule has 22 heavy (non-hydrogen) atoms. The summed E-state index contributed by atoms with van der Waals surface area (Å²) in [6.45, 7) is 0. The molecule has 0 amide bonds. The van der Waals surface area contributed by atoms with Crippen molar-refractivity contribution in [1.82, 2.24) is 15.0 Å². The number of benzene rings is 2. The second-order valence-electron chi connectivity index (χ2n) is 4.51. The third-order valence-corrected chi connectivity index (χ3v) is 3.62. The van der Waals surface area contributed by atoms with Gasteiger partial charge in [0.2, 0.25) is 0 Å². The molecule has 0 saturated carbocycles. The molecule has 0 aliphatic heterocycles. The molecule has 0 saturated heterocycles. The number of alkyl halides is 2. The Morgan fingerprint density at radius 1 is 0.682 bits per heavy atom. The van der Waals surface area contributed by atoms with Gasteiger partial charge in [-0.3, -0.25) is 0 Å². The maximum absolute atomic E-state index is 5.94. The summed E-state index contributed by atoms with van der Waals surface area (Å²) >= 11 is 17.8. The van der Waals surface area contributed by atoms with E-state index in [9.17, 15) is 0 Å². The van der Waals surface area contributed by atoms with Gasteiger partial charge in [0.1, 0.15) is 0 Å². The molecular weight excluding hydrogens is 341 g/mol. The zero-order valence-electron chi connectivity index (χ0n) is 11.2. The van der Waals surface area contributed by atoms with Crippen LogP contribution in [0.2, 0.25) is 5.02 Å². The van der Waals surface area contributed by atoms with Crippen LogP contribution >= 0.6 is 34.8 Å². The molecule has 0 N–H and O–H groups in total. The fourth-order valence-electron chi connectivity index (χ4n) is 1.93. The smallest absolute Gasteiger partial charge is 0.167 e. The average Bonchev–Trinajstić information content (AvgIpc) is 2.56. The van der Waals surface area contributed by atoms with Gasteiger partial charge in [-0.05, 0) is 24.3 Å². The van der Waals surface area contributed by atoms with E-state index in [4.69, 9.17) is 34.8 Å². The van der Waals surface area contributed by atoms with E-state index in [-0.39, 0.29) is 0 Å². The Hall–Kier alpha value is -1.68. The van der Waals surface area contributed by atoms with Crippen LogP contribution < -0.4 is 0 Å². The van der Waals surface area contributed by atoms with E-state index in [0.29, 0.717) is 22.5 Å². The summed E-state index contributed by atoms with van der Waals surface area (Å²) in [5.41, 5.74) is 1.69. The quantitative estimate of drug-likeness (QED) is 0.599. The minimum atomic E-state index is -0.823. The van der Waals surface area contributed by atoms with Gasteiger partial charge in [-0.15, -0.1) is 0 Å². The van der Waals surface area contributed by atoms with Crippen LogP contribution in [0.4, 0.5) is 0 Å². The highest BCUT2D eigenvalue weighted by Gasteiger charge is 2.14. The first-order valence-corrected chi connectivity index (χ1v) is 7.74. The van der Waals surface area contributed by atoms with Crippen molar-refractivity contribution in [2.24, 2.45) is 0 Å². The van der Waals surface area contributed by atoms with E-state index in [2.05, 4.69) is 15.0 Å². The molecule has 110 valence electrons. The van der Waals surface area contributed by atoms with Gasteiger partial charge in [0, 0.05) is 16.1 Å². The van der Waals surface area contributed by atoms with Crippen LogP contribution in [-0.2, 0) is 0 Å². The molecule has 0 aliphatic rings. The van der Waals surface area contributed by atoms with Crippen molar-refractivity contribution in [1.29, 1.82) is 0 Å². The minimum absolute atomic E-state index is 0.321. The standard InChI is InChI=1S/C16H10Cl3N3/c17-12-8-6-11(7-9-12)15-20-14(10-4-2-1-3-5-10)21-16(22-15)13(18)19/h1-9,13H. The molecule has 3 nitrogen and oxygen atoms in total. The summed E-state index contributed by atoms with van der Waals surface area (Å²) in [4.78, 5) is 12.3. The lowest BCUT2D eigenvalue weighted by molar-refractivity contribution is 0.963. The molecule has 6 heteroatoms. The Morgan fingerprint density at radius 2 is 1.23 bits per heavy atom. The van der Waals surface area contributed by atoms with E-state index in [1.807, 2.05) is 42.5 Å². The summed E-state index contributed by atoms with van der Waals surface area (Å²) in [7, 11) is 0. The van der Waals surface area contributed by atoms with Crippen LogP contribution in [0.3, 0.4) is 0 Å². The number of aromatic nitrogens is 3. The molecule has 0 spiro atoms. The second-order valence-corrected chi connectivity index (χ2v) is 6.05. The molecule has 3 rings (SSSR count).